The van der Waals surface area contributed by atoms with E-state index < -0.39 is 10.0 Å². The molecule has 0 aromatic rings. The number of piperidine rings is 2. The summed E-state index contributed by atoms with van der Waals surface area (Å²) in [5.41, 5.74) is 0.301. The first-order valence-electron chi connectivity index (χ1n) is 9.90. The molecule has 0 saturated carbocycles. The van der Waals surface area contributed by atoms with Crippen molar-refractivity contribution in [3.8, 4) is 0 Å². The number of hydrogen-bond donors (Lipinski definition) is 1. The lowest BCUT2D eigenvalue weighted by Gasteiger charge is -2.46. The van der Waals surface area contributed by atoms with E-state index in [1.54, 1.807) is 4.31 Å². The molecule has 3 heterocycles. The Bertz CT molecular complexity index is 594. The van der Waals surface area contributed by atoms with Gasteiger partial charge in [-0.1, -0.05) is 0 Å². The van der Waals surface area contributed by atoms with Gasteiger partial charge < -0.3 is 15.0 Å². The summed E-state index contributed by atoms with van der Waals surface area (Å²) in [4.78, 5) is 6.91. The van der Waals surface area contributed by atoms with E-state index in [0.29, 0.717) is 24.4 Å². The van der Waals surface area contributed by atoms with Crippen LogP contribution in [0.4, 0.5) is 0 Å². The van der Waals surface area contributed by atoms with E-state index in [9.17, 15) is 8.42 Å². The summed E-state index contributed by atoms with van der Waals surface area (Å²) in [6.45, 7) is 5.99. The Hall–Kier alpha value is -0.130. The minimum Gasteiger partial charge on any atom is -0.381 e. The number of rotatable bonds is 3. The Morgan fingerprint density at radius 2 is 1.93 bits per heavy atom. The van der Waals surface area contributed by atoms with Crippen molar-refractivity contribution >= 4 is 40.0 Å². The summed E-state index contributed by atoms with van der Waals surface area (Å²) < 4.78 is 30.6. The average Bonchev–Trinajstić information content (AvgIpc) is 2.63. The number of aliphatic imine (C=N–C) groups is 1. The first-order chi connectivity index (χ1) is 12.4. The minimum atomic E-state index is -3.05. The Morgan fingerprint density at radius 3 is 2.52 bits per heavy atom. The van der Waals surface area contributed by atoms with Crippen molar-refractivity contribution in [3.63, 3.8) is 0 Å². The van der Waals surface area contributed by atoms with E-state index in [-0.39, 0.29) is 24.0 Å². The Morgan fingerprint density at radius 1 is 1.22 bits per heavy atom. The number of halogens is 1. The smallest absolute Gasteiger partial charge is 0.211 e. The van der Waals surface area contributed by atoms with Gasteiger partial charge in [0.1, 0.15) is 0 Å². The van der Waals surface area contributed by atoms with Crippen LogP contribution in [0.1, 0.15) is 38.5 Å². The Balaban J connectivity index is 0.00000261. The summed E-state index contributed by atoms with van der Waals surface area (Å²) >= 11 is 0. The molecule has 0 amide bonds. The van der Waals surface area contributed by atoms with Crippen LogP contribution in [-0.2, 0) is 14.8 Å². The van der Waals surface area contributed by atoms with Crippen LogP contribution in [0.25, 0.3) is 0 Å². The third kappa shape index (κ3) is 6.17. The second-order valence-electron chi connectivity index (χ2n) is 8.21. The summed E-state index contributed by atoms with van der Waals surface area (Å²) in [5.74, 6) is 1.49. The molecule has 1 unspecified atom stereocenters. The normalized spacial score (nSPS) is 28.8. The van der Waals surface area contributed by atoms with Gasteiger partial charge in [-0.3, -0.25) is 4.99 Å². The van der Waals surface area contributed by atoms with Crippen LogP contribution in [0, 0.1) is 11.3 Å². The number of likely N-dealkylation sites (tertiary alicyclic amines) is 1. The first kappa shape index (κ1) is 23.2. The zero-order valence-electron chi connectivity index (χ0n) is 16.7. The highest BCUT2D eigenvalue weighted by atomic mass is 127. The maximum Gasteiger partial charge on any atom is 0.211 e. The van der Waals surface area contributed by atoms with Crippen LogP contribution in [0.2, 0.25) is 0 Å². The van der Waals surface area contributed by atoms with Gasteiger partial charge in [0, 0.05) is 51.8 Å². The first-order valence-corrected chi connectivity index (χ1v) is 11.8. The molecule has 3 rings (SSSR count). The molecule has 9 heteroatoms. The van der Waals surface area contributed by atoms with Crippen LogP contribution in [-0.4, -0.2) is 82.8 Å². The molecule has 0 aliphatic carbocycles. The van der Waals surface area contributed by atoms with Gasteiger partial charge in [-0.15, -0.1) is 24.0 Å². The van der Waals surface area contributed by atoms with Crippen molar-refractivity contribution in [1.82, 2.24) is 14.5 Å². The van der Waals surface area contributed by atoms with Crippen molar-refractivity contribution in [3.05, 3.63) is 0 Å². The topological polar surface area (TPSA) is 74.2 Å². The molecular weight excluding hydrogens is 479 g/mol. The molecule has 158 valence electrons. The number of hydrogen-bond acceptors (Lipinski definition) is 4. The third-order valence-corrected chi connectivity index (χ3v) is 7.47. The lowest BCUT2D eigenvalue weighted by molar-refractivity contribution is -0.0370. The van der Waals surface area contributed by atoms with Gasteiger partial charge in [0.05, 0.1) is 12.9 Å². The van der Waals surface area contributed by atoms with Gasteiger partial charge in [0.2, 0.25) is 10.0 Å². The predicted octanol–water partition coefficient (Wildman–Crippen LogP) is 1.74. The SMILES string of the molecule is CN=C(NCC1CCN(S(C)(=O)=O)CC1)N1CCCC2(CCCOC2)C1.I. The molecule has 0 aromatic heterocycles. The number of guanidine groups is 1. The fourth-order valence-corrected chi connectivity index (χ4v) is 5.51. The lowest BCUT2D eigenvalue weighted by Crippen LogP contribution is -2.53. The summed E-state index contributed by atoms with van der Waals surface area (Å²) in [6, 6.07) is 0. The van der Waals surface area contributed by atoms with Gasteiger partial charge in [-0.25, -0.2) is 12.7 Å². The minimum absolute atomic E-state index is 0. The van der Waals surface area contributed by atoms with Gasteiger partial charge in [0.25, 0.3) is 0 Å². The molecule has 3 aliphatic rings. The second-order valence-corrected chi connectivity index (χ2v) is 10.2. The quantitative estimate of drug-likeness (QED) is 0.353. The molecule has 0 bridgehead atoms. The molecule has 0 aromatic carbocycles. The molecular formula is C18H35IN4O3S. The molecule has 27 heavy (non-hydrogen) atoms. The van der Waals surface area contributed by atoms with Crippen molar-refractivity contribution in [1.29, 1.82) is 0 Å². The maximum atomic E-state index is 11.6. The van der Waals surface area contributed by atoms with Crippen LogP contribution in [0.3, 0.4) is 0 Å². The number of ether oxygens (including phenoxy) is 1. The van der Waals surface area contributed by atoms with E-state index in [2.05, 4.69) is 15.2 Å². The van der Waals surface area contributed by atoms with Crippen molar-refractivity contribution in [2.24, 2.45) is 16.3 Å². The molecule has 7 nitrogen and oxygen atoms in total. The van der Waals surface area contributed by atoms with Crippen molar-refractivity contribution in [2.75, 3.05) is 59.2 Å². The largest absolute Gasteiger partial charge is 0.381 e. The highest BCUT2D eigenvalue weighted by Gasteiger charge is 2.38. The second kappa shape index (κ2) is 10.1. The average molecular weight is 514 g/mol. The zero-order chi connectivity index (χ0) is 18.6. The van der Waals surface area contributed by atoms with Crippen LogP contribution >= 0.6 is 24.0 Å². The van der Waals surface area contributed by atoms with E-state index >= 15 is 0 Å². The molecule has 0 radical (unpaired) electrons. The fourth-order valence-electron chi connectivity index (χ4n) is 4.63. The summed E-state index contributed by atoms with van der Waals surface area (Å²) in [5, 5.41) is 3.55. The standard InChI is InChI=1S/C18H34N4O3S.HI/c1-19-17(20-13-16-5-10-22(11-6-16)26(2,23)24)21-9-3-7-18(14-21)8-4-12-25-15-18;/h16H,3-15H2,1-2H3,(H,19,20);1H. The summed E-state index contributed by atoms with van der Waals surface area (Å²) in [6.07, 6.45) is 7.99. The van der Waals surface area contributed by atoms with Gasteiger partial charge >= 0.3 is 0 Å². The Kier molecular flexibility index (Phi) is 8.63. The Labute approximate surface area is 181 Å². The molecule has 1 spiro atoms. The van der Waals surface area contributed by atoms with Crippen molar-refractivity contribution in [2.45, 2.75) is 38.5 Å². The zero-order valence-corrected chi connectivity index (χ0v) is 19.8. The van der Waals surface area contributed by atoms with Crippen molar-refractivity contribution < 1.29 is 13.2 Å². The maximum absolute atomic E-state index is 11.6. The molecule has 3 aliphatic heterocycles. The van der Waals surface area contributed by atoms with Crippen LogP contribution in [0.5, 0.6) is 0 Å². The predicted molar refractivity (Wildman–Crippen MR) is 119 cm³/mol. The lowest BCUT2D eigenvalue weighted by atomic mass is 9.76. The number of nitrogens with zero attached hydrogens (tertiary/aromatic N) is 3. The number of sulfonamides is 1. The van der Waals surface area contributed by atoms with E-state index in [1.807, 2.05) is 7.05 Å². The van der Waals surface area contributed by atoms with E-state index in [1.165, 1.54) is 31.9 Å². The molecule has 1 N–H and O–H groups in total. The number of nitrogens with one attached hydrogen (secondary N) is 1. The fraction of sp³-hybridized carbons (Fsp3) is 0.944. The van der Waals surface area contributed by atoms with E-state index in [0.717, 1.165) is 51.6 Å². The monoisotopic (exact) mass is 514 g/mol. The third-order valence-electron chi connectivity index (χ3n) is 6.17. The van der Waals surface area contributed by atoms with Gasteiger partial charge in [-0.05, 0) is 44.4 Å². The van der Waals surface area contributed by atoms with Crippen LogP contribution < -0.4 is 5.32 Å². The van der Waals surface area contributed by atoms with Gasteiger partial charge in [0.15, 0.2) is 5.96 Å². The molecule has 3 saturated heterocycles. The molecule has 1 atom stereocenters. The highest BCUT2D eigenvalue weighted by Crippen LogP contribution is 2.37. The van der Waals surface area contributed by atoms with Gasteiger partial charge in [-0.2, -0.15) is 0 Å². The van der Waals surface area contributed by atoms with Crippen LogP contribution in [0.15, 0.2) is 4.99 Å². The molecule has 3 fully saturated rings. The highest BCUT2D eigenvalue weighted by molar-refractivity contribution is 14.0. The summed E-state index contributed by atoms with van der Waals surface area (Å²) in [7, 11) is -1.19. The van der Waals surface area contributed by atoms with E-state index in [4.69, 9.17) is 4.74 Å².